The van der Waals surface area contributed by atoms with Gasteiger partial charge >= 0.3 is 0 Å². The minimum absolute atomic E-state index is 0.140. The summed E-state index contributed by atoms with van der Waals surface area (Å²) >= 11 is 0. The zero-order valence-corrected chi connectivity index (χ0v) is 11.1. The summed E-state index contributed by atoms with van der Waals surface area (Å²) in [5.74, 6) is 0.597. The third kappa shape index (κ3) is 2.79. The molecule has 3 rings (SSSR count). The summed E-state index contributed by atoms with van der Waals surface area (Å²) in [6.45, 7) is -0.140. The fourth-order valence-corrected chi connectivity index (χ4v) is 2.35. The van der Waals surface area contributed by atoms with Gasteiger partial charge in [-0.15, -0.1) is 0 Å². The van der Waals surface area contributed by atoms with Crippen LogP contribution in [0.2, 0.25) is 0 Å². The Morgan fingerprint density at radius 1 is 1.00 bits per heavy atom. The smallest absolute Gasteiger partial charge is 0.195 e. The third-order valence-corrected chi connectivity index (χ3v) is 3.52. The van der Waals surface area contributed by atoms with E-state index in [0.29, 0.717) is 5.75 Å². The molecule has 0 aliphatic carbocycles. The maximum atomic E-state index is 9.87. The van der Waals surface area contributed by atoms with E-state index in [1.165, 1.54) is 0 Å². The molecule has 4 atom stereocenters. The Balaban J connectivity index is 1.85. The van der Waals surface area contributed by atoms with E-state index in [1.54, 1.807) is 36.4 Å². The highest BCUT2D eigenvalue weighted by Crippen LogP contribution is 2.27. The van der Waals surface area contributed by atoms with E-state index in [1.807, 2.05) is 0 Å². The highest BCUT2D eigenvalue weighted by atomic mass is 16.6. The van der Waals surface area contributed by atoms with Crippen molar-refractivity contribution in [3.05, 3.63) is 36.4 Å². The van der Waals surface area contributed by atoms with Crippen LogP contribution in [0.1, 0.15) is 0 Å². The Hall–Kier alpha value is -1.86. The fraction of sp³-hybridized carbons (Fsp3) is 0.333. The van der Waals surface area contributed by atoms with Crippen LogP contribution in [0.25, 0.3) is 10.8 Å². The van der Waals surface area contributed by atoms with Crippen LogP contribution in [-0.4, -0.2) is 51.6 Å². The van der Waals surface area contributed by atoms with Crippen molar-refractivity contribution in [1.29, 1.82) is 0 Å². The number of aliphatic hydroxyl groups is 3. The lowest BCUT2D eigenvalue weighted by Gasteiger charge is -2.35. The molecule has 1 heterocycles. The van der Waals surface area contributed by atoms with E-state index in [4.69, 9.17) is 9.47 Å². The van der Waals surface area contributed by atoms with Gasteiger partial charge in [0, 0.05) is 0 Å². The second-order valence-corrected chi connectivity index (χ2v) is 5.06. The average molecular weight is 292 g/mol. The Morgan fingerprint density at radius 2 is 1.71 bits per heavy atom. The zero-order valence-electron chi connectivity index (χ0n) is 11.1. The number of phenolic OH excluding ortho intramolecular Hbond substituents is 1. The highest BCUT2D eigenvalue weighted by Gasteiger charge is 2.39. The summed E-state index contributed by atoms with van der Waals surface area (Å²) in [5, 5.41) is 40.2. The van der Waals surface area contributed by atoms with Gasteiger partial charge in [-0.25, -0.2) is 0 Å². The molecule has 2 aromatic carbocycles. The van der Waals surface area contributed by atoms with Gasteiger partial charge < -0.3 is 29.9 Å². The van der Waals surface area contributed by atoms with Gasteiger partial charge in [-0.1, -0.05) is 12.1 Å². The van der Waals surface area contributed by atoms with Crippen LogP contribution in [0.5, 0.6) is 11.5 Å². The van der Waals surface area contributed by atoms with Gasteiger partial charge in [0.05, 0.1) is 6.61 Å². The van der Waals surface area contributed by atoms with Crippen LogP contribution in [0.4, 0.5) is 0 Å². The molecule has 0 saturated carbocycles. The van der Waals surface area contributed by atoms with Crippen molar-refractivity contribution in [3.8, 4) is 11.5 Å². The van der Waals surface area contributed by atoms with Crippen molar-refractivity contribution in [2.24, 2.45) is 0 Å². The van der Waals surface area contributed by atoms with Crippen LogP contribution < -0.4 is 4.74 Å². The lowest BCUT2D eigenvalue weighted by molar-refractivity contribution is -0.244. The first-order valence-corrected chi connectivity index (χ1v) is 6.60. The predicted molar refractivity (Wildman–Crippen MR) is 74.0 cm³/mol. The molecule has 4 N–H and O–H groups in total. The predicted octanol–water partition coefficient (Wildman–Crippen LogP) is 0.363. The average Bonchev–Trinajstić information content (AvgIpc) is 2.48. The van der Waals surface area contributed by atoms with E-state index < -0.39 is 24.6 Å². The van der Waals surface area contributed by atoms with E-state index in [-0.39, 0.29) is 12.4 Å². The SMILES string of the molecule is Oc1ccc2cc(O[C@@H]3[C@@H](O)[C@H](O)CO[C@H]3O)ccc2c1. The van der Waals surface area contributed by atoms with Gasteiger partial charge in [0.25, 0.3) is 0 Å². The van der Waals surface area contributed by atoms with Crippen LogP contribution in [0, 0.1) is 0 Å². The van der Waals surface area contributed by atoms with E-state index in [9.17, 15) is 20.4 Å². The largest absolute Gasteiger partial charge is 0.508 e. The van der Waals surface area contributed by atoms with Gasteiger partial charge in [-0.05, 0) is 35.0 Å². The minimum Gasteiger partial charge on any atom is -0.508 e. The van der Waals surface area contributed by atoms with Crippen molar-refractivity contribution in [3.63, 3.8) is 0 Å². The monoisotopic (exact) mass is 292 g/mol. The second kappa shape index (κ2) is 5.50. The molecule has 1 aliphatic heterocycles. The van der Waals surface area contributed by atoms with Crippen molar-refractivity contribution in [1.82, 2.24) is 0 Å². The van der Waals surface area contributed by atoms with Crippen LogP contribution >= 0.6 is 0 Å². The Labute approximate surface area is 120 Å². The molecular formula is C15H16O6. The minimum atomic E-state index is -1.31. The number of hydrogen-bond acceptors (Lipinski definition) is 6. The van der Waals surface area contributed by atoms with E-state index in [2.05, 4.69) is 0 Å². The Kier molecular flexibility index (Phi) is 3.69. The van der Waals surface area contributed by atoms with Crippen LogP contribution in [0.15, 0.2) is 36.4 Å². The van der Waals surface area contributed by atoms with E-state index >= 15 is 0 Å². The Morgan fingerprint density at radius 3 is 2.52 bits per heavy atom. The van der Waals surface area contributed by atoms with Gasteiger partial charge in [-0.2, -0.15) is 0 Å². The maximum absolute atomic E-state index is 9.87. The molecular weight excluding hydrogens is 276 g/mol. The number of ether oxygens (including phenoxy) is 2. The molecule has 6 nitrogen and oxygen atoms in total. The van der Waals surface area contributed by atoms with Gasteiger partial charge in [0.1, 0.15) is 23.7 Å². The van der Waals surface area contributed by atoms with Crippen LogP contribution in [-0.2, 0) is 4.74 Å². The molecule has 0 amide bonds. The number of aromatic hydroxyl groups is 1. The van der Waals surface area contributed by atoms with Gasteiger partial charge in [-0.3, -0.25) is 0 Å². The number of hydrogen-bond donors (Lipinski definition) is 4. The quantitative estimate of drug-likeness (QED) is 0.638. The molecule has 0 spiro atoms. The van der Waals surface area contributed by atoms with Crippen molar-refractivity contribution in [2.45, 2.75) is 24.6 Å². The van der Waals surface area contributed by atoms with Crippen LogP contribution in [0.3, 0.4) is 0 Å². The molecule has 2 aromatic rings. The first-order valence-electron chi connectivity index (χ1n) is 6.60. The number of aliphatic hydroxyl groups excluding tert-OH is 3. The molecule has 0 radical (unpaired) electrons. The normalized spacial score (nSPS) is 29.5. The summed E-state index contributed by atoms with van der Waals surface area (Å²) in [7, 11) is 0. The molecule has 0 unspecified atom stereocenters. The van der Waals surface area contributed by atoms with Gasteiger partial charge in [0.15, 0.2) is 12.4 Å². The van der Waals surface area contributed by atoms with Crippen molar-refractivity contribution >= 4 is 10.8 Å². The zero-order chi connectivity index (χ0) is 15.0. The summed E-state index contributed by atoms with van der Waals surface area (Å²) in [6, 6.07) is 10.0. The Bertz CT molecular complexity index is 643. The summed E-state index contributed by atoms with van der Waals surface area (Å²) in [4.78, 5) is 0. The molecule has 1 fully saturated rings. The third-order valence-electron chi connectivity index (χ3n) is 3.52. The topological polar surface area (TPSA) is 99.4 Å². The lowest BCUT2D eigenvalue weighted by atomic mass is 10.1. The highest BCUT2D eigenvalue weighted by molar-refractivity contribution is 5.85. The van der Waals surface area contributed by atoms with Crippen molar-refractivity contribution < 1.29 is 29.9 Å². The fourth-order valence-electron chi connectivity index (χ4n) is 2.35. The molecule has 1 saturated heterocycles. The first kappa shape index (κ1) is 14.1. The molecule has 21 heavy (non-hydrogen) atoms. The lowest BCUT2D eigenvalue weighted by Crippen LogP contribution is -2.55. The first-order chi connectivity index (χ1) is 10.0. The molecule has 0 aromatic heterocycles. The second-order valence-electron chi connectivity index (χ2n) is 5.06. The molecule has 6 heteroatoms. The van der Waals surface area contributed by atoms with E-state index in [0.717, 1.165) is 10.8 Å². The summed E-state index contributed by atoms with van der Waals surface area (Å²) < 4.78 is 10.5. The number of rotatable bonds is 2. The maximum Gasteiger partial charge on any atom is 0.195 e. The summed E-state index contributed by atoms with van der Waals surface area (Å²) in [5.41, 5.74) is 0. The van der Waals surface area contributed by atoms with Crippen molar-refractivity contribution in [2.75, 3.05) is 6.61 Å². The molecule has 0 bridgehead atoms. The summed E-state index contributed by atoms with van der Waals surface area (Å²) in [6.07, 6.45) is -4.71. The van der Waals surface area contributed by atoms with Gasteiger partial charge in [0.2, 0.25) is 0 Å². The molecule has 1 aliphatic rings. The molecule has 112 valence electrons. The standard InChI is InChI=1S/C15H16O6/c16-10-3-1-9-6-11(4-2-8(9)5-10)21-14-13(18)12(17)7-20-15(14)19/h1-6,12-19H,7H2/t12-,13+,14-,15-/m1/s1. The number of fused-ring (bicyclic) bond motifs is 1. The number of benzene rings is 2. The number of phenols is 1.